The SMILES string of the molecule is Cc1nc(C(=O)N(C)[C@H](CN)C2CC2)c(-c2ccccc2)s1.Cl. The van der Waals surface area contributed by atoms with Gasteiger partial charge in [-0.2, -0.15) is 0 Å². The second kappa shape index (κ2) is 7.43. The second-order valence-electron chi connectivity index (χ2n) is 5.83. The molecule has 1 aliphatic carbocycles. The molecule has 0 spiro atoms. The molecule has 6 heteroatoms. The zero-order valence-electron chi connectivity index (χ0n) is 13.4. The van der Waals surface area contributed by atoms with Crippen LogP contribution in [0.1, 0.15) is 28.3 Å². The Labute approximate surface area is 147 Å². The number of benzene rings is 1. The molecule has 2 aromatic rings. The molecule has 0 radical (unpaired) electrons. The maximum atomic E-state index is 12.9. The van der Waals surface area contributed by atoms with Crippen LogP contribution in [-0.2, 0) is 0 Å². The summed E-state index contributed by atoms with van der Waals surface area (Å²) in [7, 11) is 1.85. The number of carbonyl (C=O) groups is 1. The van der Waals surface area contributed by atoms with Gasteiger partial charge in [0.05, 0.1) is 9.88 Å². The monoisotopic (exact) mass is 351 g/mol. The Balaban J connectivity index is 0.00000192. The van der Waals surface area contributed by atoms with Crippen molar-refractivity contribution < 1.29 is 4.79 Å². The lowest BCUT2D eigenvalue weighted by atomic mass is 10.1. The Hall–Kier alpha value is -1.43. The van der Waals surface area contributed by atoms with Crippen LogP contribution in [0.3, 0.4) is 0 Å². The first-order chi connectivity index (χ1) is 10.6. The highest BCUT2D eigenvalue weighted by atomic mass is 35.5. The quantitative estimate of drug-likeness (QED) is 0.898. The predicted molar refractivity (Wildman–Crippen MR) is 97.2 cm³/mol. The molecule has 0 bridgehead atoms. The lowest BCUT2D eigenvalue weighted by Crippen LogP contribution is -2.43. The molecule has 1 heterocycles. The van der Waals surface area contributed by atoms with Crippen LogP contribution in [0.25, 0.3) is 10.4 Å². The smallest absolute Gasteiger partial charge is 0.274 e. The van der Waals surface area contributed by atoms with Crippen molar-refractivity contribution in [1.29, 1.82) is 0 Å². The summed E-state index contributed by atoms with van der Waals surface area (Å²) in [4.78, 5) is 20.1. The Bertz CT molecular complexity index is 670. The highest BCUT2D eigenvalue weighted by Gasteiger charge is 2.36. The first kappa shape index (κ1) is 17.9. The van der Waals surface area contributed by atoms with E-state index in [0.717, 1.165) is 15.4 Å². The molecule has 3 rings (SSSR count). The van der Waals surface area contributed by atoms with Gasteiger partial charge in [-0.25, -0.2) is 4.98 Å². The molecule has 1 saturated carbocycles. The molecule has 1 amide bonds. The molecule has 0 saturated heterocycles. The molecular formula is C17H22ClN3OS. The summed E-state index contributed by atoms with van der Waals surface area (Å²) in [6.45, 7) is 2.45. The minimum absolute atomic E-state index is 0. The maximum Gasteiger partial charge on any atom is 0.274 e. The number of aryl methyl sites for hydroxylation is 1. The minimum atomic E-state index is -0.0226. The number of thiazole rings is 1. The lowest BCUT2D eigenvalue weighted by molar-refractivity contribution is 0.0714. The van der Waals surface area contributed by atoms with Gasteiger partial charge in [0.1, 0.15) is 5.69 Å². The first-order valence-corrected chi connectivity index (χ1v) is 8.43. The third-order valence-corrected chi connectivity index (χ3v) is 5.22. The van der Waals surface area contributed by atoms with Crippen molar-refractivity contribution >= 4 is 29.7 Å². The third-order valence-electron chi connectivity index (χ3n) is 4.20. The normalized spacial score (nSPS) is 14.9. The number of rotatable bonds is 5. The van der Waals surface area contributed by atoms with Gasteiger partial charge in [0, 0.05) is 19.6 Å². The lowest BCUT2D eigenvalue weighted by Gasteiger charge is -2.26. The van der Waals surface area contributed by atoms with Crippen molar-refractivity contribution in [2.45, 2.75) is 25.8 Å². The van der Waals surface area contributed by atoms with Crippen LogP contribution in [0.15, 0.2) is 30.3 Å². The van der Waals surface area contributed by atoms with Crippen LogP contribution in [0.4, 0.5) is 0 Å². The van der Waals surface area contributed by atoms with E-state index < -0.39 is 0 Å². The summed E-state index contributed by atoms with van der Waals surface area (Å²) in [5, 5.41) is 0.909. The largest absolute Gasteiger partial charge is 0.336 e. The van der Waals surface area contributed by atoms with Crippen molar-refractivity contribution in [3.8, 4) is 10.4 Å². The number of aromatic nitrogens is 1. The fourth-order valence-corrected chi connectivity index (χ4v) is 3.74. The molecule has 1 aliphatic rings. The molecule has 2 N–H and O–H groups in total. The van der Waals surface area contributed by atoms with Crippen LogP contribution in [0, 0.1) is 12.8 Å². The molecular weight excluding hydrogens is 330 g/mol. The van der Waals surface area contributed by atoms with Crippen LogP contribution < -0.4 is 5.73 Å². The molecule has 1 aromatic heterocycles. The fraction of sp³-hybridized carbons (Fsp3) is 0.412. The van der Waals surface area contributed by atoms with Gasteiger partial charge >= 0.3 is 0 Å². The van der Waals surface area contributed by atoms with E-state index in [9.17, 15) is 4.79 Å². The van der Waals surface area contributed by atoms with Gasteiger partial charge in [-0.1, -0.05) is 30.3 Å². The standard InChI is InChI=1S/C17H21N3OS.ClH/c1-11-19-15(16(22-11)13-6-4-3-5-7-13)17(21)20(2)14(10-18)12-8-9-12;/h3-7,12,14H,8-10,18H2,1-2H3;1H/t14-;/m1./s1. The van der Waals surface area contributed by atoms with Crippen molar-refractivity contribution in [3.05, 3.63) is 41.0 Å². The van der Waals surface area contributed by atoms with E-state index in [1.807, 2.05) is 44.3 Å². The average Bonchev–Trinajstić information content (AvgIpc) is 3.29. The van der Waals surface area contributed by atoms with E-state index in [-0.39, 0.29) is 24.4 Å². The Kier molecular flexibility index (Phi) is 5.79. The molecule has 1 fully saturated rings. The Morgan fingerprint density at radius 3 is 2.61 bits per heavy atom. The summed E-state index contributed by atoms with van der Waals surface area (Å²) in [6, 6.07) is 10.1. The number of carbonyl (C=O) groups excluding carboxylic acids is 1. The van der Waals surface area contributed by atoms with Crippen LogP contribution in [0.5, 0.6) is 0 Å². The first-order valence-electron chi connectivity index (χ1n) is 7.62. The molecule has 1 atom stereocenters. The van der Waals surface area contributed by atoms with Crippen LogP contribution in [-0.4, -0.2) is 35.4 Å². The van der Waals surface area contributed by atoms with Crippen molar-refractivity contribution in [1.82, 2.24) is 9.88 Å². The summed E-state index contributed by atoms with van der Waals surface area (Å²) >= 11 is 1.57. The van der Waals surface area contributed by atoms with Gasteiger partial charge < -0.3 is 10.6 Å². The summed E-state index contributed by atoms with van der Waals surface area (Å²) in [5.74, 6) is 0.532. The van der Waals surface area contributed by atoms with E-state index in [1.165, 1.54) is 12.8 Å². The van der Waals surface area contributed by atoms with Gasteiger partial charge in [-0.05, 0) is 31.2 Å². The number of amides is 1. The highest BCUT2D eigenvalue weighted by Crippen LogP contribution is 2.36. The summed E-state index contributed by atoms with van der Waals surface area (Å²) in [6.07, 6.45) is 2.34. The molecule has 23 heavy (non-hydrogen) atoms. The number of hydrogen-bond acceptors (Lipinski definition) is 4. The van der Waals surface area contributed by atoms with Crippen molar-refractivity contribution in [2.24, 2.45) is 11.7 Å². The number of nitrogens with zero attached hydrogens (tertiary/aromatic N) is 2. The number of halogens is 1. The molecule has 0 aliphatic heterocycles. The van der Waals surface area contributed by atoms with Crippen molar-refractivity contribution in [2.75, 3.05) is 13.6 Å². The predicted octanol–water partition coefficient (Wildman–Crippen LogP) is 3.35. The molecule has 1 aromatic carbocycles. The second-order valence-corrected chi connectivity index (χ2v) is 7.04. The van der Waals surface area contributed by atoms with E-state index in [4.69, 9.17) is 5.73 Å². The molecule has 124 valence electrons. The van der Waals surface area contributed by atoms with Gasteiger partial charge in [0.25, 0.3) is 5.91 Å². The average molecular weight is 352 g/mol. The van der Waals surface area contributed by atoms with E-state index in [0.29, 0.717) is 18.2 Å². The van der Waals surface area contributed by atoms with Crippen LogP contribution in [0.2, 0.25) is 0 Å². The third kappa shape index (κ3) is 3.74. The zero-order valence-corrected chi connectivity index (χ0v) is 15.0. The van der Waals surface area contributed by atoms with Gasteiger partial charge in [-0.3, -0.25) is 4.79 Å². The Morgan fingerprint density at radius 1 is 1.39 bits per heavy atom. The highest BCUT2D eigenvalue weighted by molar-refractivity contribution is 7.15. The van der Waals surface area contributed by atoms with Crippen molar-refractivity contribution in [3.63, 3.8) is 0 Å². The number of hydrogen-bond donors (Lipinski definition) is 1. The molecule has 0 unspecified atom stereocenters. The zero-order chi connectivity index (χ0) is 15.7. The molecule has 4 nitrogen and oxygen atoms in total. The maximum absolute atomic E-state index is 12.9. The Morgan fingerprint density at radius 2 is 2.04 bits per heavy atom. The summed E-state index contributed by atoms with van der Waals surface area (Å²) in [5.41, 5.74) is 7.47. The minimum Gasteiger partial charge on any atom is -0.336 e. The van der Waals surface area contributed by atoms with E-state index in [1.54, 1.807) is 16.2 Å². The van der Waals surface area contributed by atoms with Gasteiger partial charge in [0.2, 0.25) is 0 Å². The van der Waals surface area contributed by atoms with E-state index >= 15 is 0 Å². The van der Waals surface area contributed by atoms with Crippen LogP contribution >= 0.6 is 23.7 Å². The van der Waals surface area contributed by atoms with Gasteiger partial charge in [0.15, 0.2) is 0 Å². The number of likely N-dealkylation sites (N-methyl/N-ethyl adjacent to an activating group) is 1. The van der Waals surface area contributed by atoms with E-state index in [2.05, 4.69) is 4.98 Å². The van der Waals surface area contributed by atoms with Gasteiger partial charge in [-0.15, -0.1) is 23.7 Å². The topological polar surface area (TPSA) is 59.2 Å². The number of nitrogens with two attached hydrogens (primary N) is 1. The fourth-order valence-electron chi connectivity index (χ4n) is 2.82. The summed E-state index contributed by atoms with van der Waals surface area (Å²) < 4.78 is 0.